The summed E-state index contributed by atoms with van der Waals surface area (Å²) in [6.45, 7) is 0.0567. The lowest BCUT2D eigenvalue weighted by atomic mass is 10.2. The Morgan fingerprint density at radius 1 is 1.33 bits per heavy atom. The summed E-state index contributed by atoms with van der Waals surface area (Å²) in [5.74, 6) is 0.875. The Kier molecular flexibility index (Phi) is 7.48. The fourth-order valence-electron chi connectivity index (χ4n) is 0.635. The zero-order valence-corrected chi connectivity index (χ0v) is 7.54. The fourth-order valence-corrected chi connectivity index (χ4v) is 1.39. The molecule has 0 spiro atoms. The molecule has 0 aliphatic rings. The SMILES string of the molecule is O=CC[C@H](O)[C@H](O)CSCCO. The number of rotatable bonds is 7. The molecule has 0 aromatic heterocycles. The highest BCUT2D eigenvalue weighted by atomic mass is 32.2. The molecule has 0 aliphatic carbocycles. The van der Waals surface area contributed by atoms with Crippen molar-refractivity contribution in [3.05, 3.63) is 0 Å². The number of aliphatic hydroxyl groups excluding tert-OH is 3. The van der Waals surface area contributed by atoms with Crippen LogP contribution in [0.1, 0.15) is 6.42 Å². The lowest BCUT2D eigenvalue weighted by Gasteiger charge is -2.14. The highest BCUT2D eigenvalue weighted by Crippen LogP contribution is 2.06. The quantitative estimate of drug-likeness (QED) is 0.359. The van der Waals surface area contributed by atoms with Crippen molar-refractivity contribution in [3.63, 3.8) is 0 Å². The van der Waals surface area contributed by atoms with Gasteiger partial charge in [0.15, 0.2) is 0 Å². The van der Waals surface area contributed by atoms with Crippen LogP contribution in [0.15, 0.2) is 0 Å². The predicted molar refractivity (Wildman–Crippen MR) is 47.1 cm³/mol. The third-order valence-corrected chi connectivity index (χ3v) is 2.35. The number of aliphatic hydroxyl groups is 3. The van der Waals surface area contributed by atoms with Crippen LogP contribution in [0.25, 0.3) is 0 Å². The van der Waals surface area contributed by atoms with E-state index in [2.05, 4.69) is 0 Å². The molecule has 0 rings (SSSR count). The van der Waals surface area contributed by atoms with Crippen LogP contribution in [0.4, 0.5) is 0 Å². The first kappa shape index (κ1) is 11.9. The van der Waals surface area contributed by atoms with Gasteiger partial charge in [-0.2, -0.15) is 11.8 Å². The van der Waals surface area contributed by atoms with Crippen molar-refractivity contribution in [3.8, 4) is 0 Å². The van der Waals surface area contributed by atoms with Gasteiger partial charge in [0.2, 0.25) is 0 Å². The van der Waals surface area contributed by atoms with E-state index in [4.69, 9.17) is 15.3 Å². The number of aldehydes is 1. The molecule has 0 saturated heterocycles. The monoisotopic (exact) mass is 194 g/mol. The largest absolute Gasteiger partial charge is 0.396 e. The van der Waals surface area contributed by atoms with Gasteiger partial charge in [-0.1, -0.05) is 0 Å². The minimum Gasteiger partial charge on any atom is -0.396 e. The smallest absolute Gasteiger partial charge is 0.122 e. The number of carbonyl (C=O) groups excluding carboxylic acids is 1. The lowest BCUT2D eigenvalue weighted by Crippen LogP contribution is -2.28. The highest BCUT2D eigenvalue weighted by molar-refractivity contribution is 7.99. The maximum atomic E-state index is 9.93. The van der Waals surface area contributed by atoms with Gasteiger partial charge in [-0.05, 0) is 0 Å². The molecule has 72 valence electrons. The van der Waals surface area contributed by atoms with Crippen LogP contribution in [0, 0.1) is 0 Å². The van der Waals surface area contributed by atoms with Gasteiger partial charge in [0.05, 0.1) is 18.8 Å². The van der Waals surface area contributed by atoms with Gasteiger partial charge >= 0.3 is 0 Å². The van der Waals surface area contributed by atoms with Gasteiger partial charge in [-0.3, -0.25) is 0 Å². The lowest BCUT2D eigenvalue weighted by molar-refractivity contribution is -0.110. The molecule has 2 atom stereocenters. The van der Waals surface area contributed by atoms with E-state index in [0.717, 1.165) is 0 Å². The van der Waals surface area contributed by atoms with E-state index >= 15 is 0 Å². The van der Waals surface area contributed by atoms with Crippen molar-refractivity contribution in [1.82, 2.24) is 0 Å². The molecule has 0 saturated carbocycles. The van der Waals surface area contributed by atoms with E-state index in [-0.39, 0.29) is 13.0 Å². The standard InChI is InChI=1S/C7H14O4S/c8-2-1-6(10)7(11)5-12-4-3-9/h2,6-7,9-11H,1,3-5H2/t6-,7+/m0/s1. The maximum absolute atomic E-state index is 9.93. The van der Waals surface area contributed by atoms with Crippen molar-refractivity contribution in [2.24, 2.45) is 0 Å². The van der Waals surface area contributed by atoms with Gasteiger partial charge in [0.1, 0.15) is 6.29 Å². The molecule has 0 heterocycles. The number of hydrogen-bond donors (Lipinski definition) is 3. The summed E-state index contributed by atoms with van der Waals surface area (Å²) in [6.07, 6.45) is -1.33. The first-order chi connectivity index (χ1) is 5.72. The van der Waals surface area contributed by atoms with Crippen LogP contribution < -0.4 is 0 Å². The van der Waals surface area contributed by atoms with Crippen LogP contribution in [-0.2, 0) is 4.79 Å². The van der Waals surface area contributed by atoms with Gasteiger partial charge < -0.3 is 20.1 Å². The third-order valence-electron chi connectivity index (χ3n) is 1.31. The Labute approximate surface area is 75.6 Å². The zero-order chi connectivity index (χ0) is 9.40. The number of hydrogen-bond acceptors (Lipinski definition) is 5. The van der Waals surface area contributed by atoms with Crippen molar-refractivity contribution in [2.75, 3.05) is 18.1 Å². The van der Waals surface area contributed by atoms with Crippen LogP contribution >= 0.6 is 11.8 Å². The summed E-state index contributed by atoms with van der Waals surface area (Å²) in [5, 5.41) is 26.6. The molecular weight excluding hydrogens is 180 g/mol. The average Bonchev–Trinajstić information content (AvgIpc) is 2.05. The van der Waals surface area contributed by atoms with Crippen molar-refractivity contribution < 1.29 is 20.1 Å². The van der Waals surface area contributed by atoms with Crippen LogP contribution in [-0.4, -0.2) is 51.9 Å². The topological polar surface area (TPSA) is 77.8 Å². The zero-order valence-electron chi connectivity index (χ0n) is 6.72. The van der Waals surface area contributed by atoms with Gasteiger partial charge in [0, 0.05) is 17.9 Å². The average molecular weight is 194 g/mol. The molecule has 0 aromatic rings. The van der Waals surface area contributed by atoms with Crippen molar-refractivity contribution in [2.45, 2.75) is 18.6 Å². The minimum atomic E-state index is -0.978. The molecule has 0 aliphatic heterocycles. The highest BCUT2D eigenvalue weighted by Gasteiger charge is 2.14. The van der Waals surface area contributed by atoms with Gasteiger partial charge in [0.25, 0.3) is 0 Å². The molecule has 4 nitrogen and oxygen atoms in total. The second-order valence-electron chi connectivity index (χ2n) is 2.34. The van der Waals surface area contributed by atoms with E-state index in [1.807, 2.05) is 0 Å². The molecule has 0 radical (unpaired) electrons. The Balaban J connectivity index is 3.41. The molecular formula is C7H14O4S. The first-order valence-electron chi connectivity index (χ1n) is 3.70. The molecule has 0 fully saturated rings. The number of carbonyl (C=O) groups is 1. The van der Waals surface area contributed by atoms with Crippen molar-refractivity contribution >= 4 is 18.0 Å². The Bertz CT molecular complexity index is 120. The molecule has 0 aromatic carbocycles. The Hall–Kier alpha value is -0.100. The van der Waals surface area contributed by atoms with Crippen LogP contribution in [0.2, 0.25) is 0 Å². The molecule has 0 amide bonds. The Morgan fingerprint density at radius 3 is 2.50 bits per heavy atom. The van der Waals surface area contributed by atoms with Gasteiger partial charge in [-0.25, -0.2) is 0 Å². The van der Waals surface area contributed by atoms with E-state index in [1.54, 1.807) is 0 Å². The van der Waals surface area contributed by atoms with Crippen molar-refractivity contribution in [1.29, 1.82) is 0 Å². The molecule has 3 N–H and O–H groups in total. The third kappa shape index (κ3) is 5.54. The van der Waals surface area contributed by atoms with E-state index in [0.29, 0.717) is 17.8 Å². The molecule has 0 unspecified atom stereocenters. The fraction of sp³-hybridized carbons (Fsp3) is 0.857. The van der Waals surface area contributed by atoms with E-state index in [9.17, 15) is 4.79 Å². The summed E-state index contributed by atoms with van der Waals surface area (Å²) < 4.78 is 0. The Morgan fingerprint density at radius 2 is 2.00 bits per heavy atom. The second-order valence-corrected chi connectivity index (χ2v) is 3.49. The maximum Gasteiger partial charge on any atom is 0.122 e. The summed E-state index contributed by atoms with van der Waals surface area (Å²) >= 11 is 1.34. The summed E-state index contributed by atoms with van der Waals surface area (Å²) in [6, 6.07) is 0. The van der Waals surface area contributed by atoms with Crippen LogP contribution in [0.3, 0.4) is 0 Å². The number of thioether (sulfide) groups is 1. The minimum absolute atomic E-state index is 0.0408. The second kappa shape index (κ2) is 7.54. The molecule has 0 bridgehead atoms. The summed E-state index contributed by atoms with van der Waals surface area (Å²) in [5.41, 5.74) is 0. The predicted octanol–water partition coefficient (Wildman–Crippen LogP) is -0.977. The summed E-state index contributed by atoms with van der Waals surface area (Å²) in [7, 11) is 0. The molecule has 5 heteroatoms. The van der Waals surface area contributed by atoms with E-state index in [1.165, 1.54) is 11.8 Å². The first-order valence-corrected chi connectivity index (χ1v) is 4.86. The summed E-state index contributed by atoms with van der Waals surface area (Å²) in [4.78, 5) is 9.93. The van der Waals surface area contributed by atoms with Crippen LogP contribution in [0.5, 0.6) is 0 Å². The van der Waals surface area contributed by atoms with E-state index < -0.39 is 12.2 Å². The molecule has 12 heavy (non-hydrogen) atoms. The van der Waals surface area contributed by atoms with Gasteiger partial charge in [-0.15, -0.1) is 0 Å². The normalized spacial score (nSPS) is 15.6.